The molecular weight excluding hydrogens is 292 g/mol. The molecule has 1 aromatic heterocycles. The molecule has 3 N–H and O–H groups in total. The number of imide groups is 1. The molecule has 120 valence electrons. The van der Waals surface area contributed by atoms with Crippen LogP contribution in [-0.2, 0) is 15.1 Å². The summed E-state index contributed by atoms with van der Waals surface area (Å²) in [6, 6.07) is -0.674. The first kappa shape index (κ1) is 15.8. The average Bonchev–Trinajstić information content (AvgIpc) is 2.89. The van der Waals surface area contributed by atoms with Gasteiger partial charge < -0.3 is 19.9 Å². The lowest BCUT2D eigenvalue weighted by Crippen LogP contribution is -2.53. The maximum atomic E-state index is 12.2. The number of carbonyl (C=O) groups excluding carboxylic acids is 3. The van der Waals surface area contributed by atoms with Crippen LogP contribution in [0.15, 0.2) is 10.7 Å². The predicted molar refractivity (Wildman–Crippen MR) is 73.8 cm³/mol. The van der Waals surface area contributed by atoms with E-state index in [0.717, 1.165) is 0 Å². The van der Waals surface area contributed by atoms with E-state index in [0.29, 0.717) is 5.56 Å². The number of alkyl carbamates (subject to hydrolysis) is 1. The molecule has 0 spiro atoms. The summed E-state index contributed by atoms with van der Waals surface area (Å²) in [4.78, 5) is 35.5. The maximum absolute atomic E-state index is 12.2. The second kappa shape index (κ2) is 5.32. The fourth-order valence-electron chi connectivity index (χ4n) is 2.08. The topological polar surface area (TPSA) is 123 Å². The number of urea groups is 1. The Kier molecular flexibility index (Phi) is 3.82. The zero-order chi connectivity index (χ0) is 16.5. The molecule has 1 saturated heterocycles. The lowest BCUT2D eigenvalue weighted by atomic mass is 9.94. The highest BCUT2D eigenvalue weighted by molar-refractivity contribution is 6.07. The molecule has 9 heteroatoms. The van der Waals surface area contributed by atoms with Crippen LogP contribution < -0.4 is 16.0 Å². The van der Waals surface area contributed by atoms with Gasteiger partial charge in [-0.25, -0.2) is 9.59 Å². The number of hydrogen-bond donors (Lipinski definition) is 3. The van der Waals surface area contributed by atoms with Gasteiger partial charge in [0.25, 0.3) is 5.91 Å². The Morgan fingerprint density at radius 1 is 1.45 bits per heavy atom. The Bertz CT molecular complexity index is 618. The van der Waals surface area contributed by atoms with Crippen LogP contribution in [0, 0.1) is 6.92 Å². The van der Waals surface area contributed by atoms with Crippen LogP contribution >= 0.6 is 0 Å². The number of aryl methyl sites for hydroxylation is 1. The number of nitrogens with one attached hydrogen (secondary N) is 3. The van der Waals surface area contributed by atoms with Gasteiger partial charge in [-0.1, -0.05) is 5.16 Å². The van der Waals surface area contributed by atoms with E-state index in [9.17, 15) is 14.4 Å². The van der Waals surface area contributed by atoms with Crippen molar-refractivity contribution >= 4 is 18.0 Å². The molecule has 1 fully saturated rings. The van der Waals surface area contributed by atoms with E-state index in [1.54, 1.807) is 27.7 Å². The Balaban J connectivity index is 2.21. The van der Waals surface area contributed by atoms with E-state index in [1.807, 2.05) is 0 Å². The Labute approximate surface area is 126 Å². The minimum Gasteiger partial charge on any atom is -0.444 e. The minimum absolute atomic E-state index is 0.159. The molecule has 1 atom stereocenters. The Morgan fingerprint density at radius 3 is 2.59 bits per heavy atom. The van der Waals surface area contributed by atoms with Gasteiger partial charge in [-0.05, 0) is 27.7 Å². The van der Waals surface area contributed by atoms with Gasteiger partial charge >= 0.3 is 12.1 Å². The molecule has 1 aliphatic rings. The highest BCUT2D eigenvalue weighted by Crippen LogP contribution is 2.27. The fourth-order valence-corrected chi connectivity index (χ4v) is 2.08. The Hall–Kier alpha value is -2.58. The molecule has 0 unspecified atom stereocenters. The summed E-state index contributed by atoms with van der Waals surface area (Å²) < 4.78 is 10.2. The quantitative estimate of drug-likeness (QED) is 0.700. The van der Waals surface area contributed by atoms with E-state index < -0.39 is 29.2 Å². The van der Waals surface area contributed by atoms with Crippen LogP contribution in [0.3, 0.4) is 0 Å². The lowest BCUT2D eigenvalue weighted by molar-refractivity contribution is -0.124. The molecule has 0 aromatic carbocycles. The van der Waals surface area contributed by atoms with Crippen molar-refractivity contribution in [2.24, 2.45) is 0 Å². The van der Waals surface area contributed by atoms with Crippen LogP contribution in [0.25, 0.3) is 0 Å². The maximum Gasteiger partial charge on any atom is 0.407 e. The zero-order valence-electron chi connectivity index (χ0n) is 12.8. The molecular formula is C13H18N4O5. The molecule has 4 amide bonds. The summed E-state index contributed by atoms with van der Waals surface area (Å²) in [6.07, 6.45) is 0.709. The van der Waals surface area contributed by atoms with Crippen molar-refractivity contribution in [1.82, 2.24) is 21.1 Å². The van der Waals surface area contributed by atoms with Crippen LogP contribution in [0.1, 0.15) is 32.1 Å². The normalized spacial score (nSPS) is 21.3. The van der Waals surface area contributed by atoms with Crippen molar-refractivity contribution in [3.63, 3.8) is 0 Å². The van der Waals surface area contributed by atoms with E-state index in [-0.39, 0.29) is 12.3 Å². The number of amides is 4. The highest BCUT2D eigenvalue weighted by atomic mass is 16.6. The van der Waals surface area contributed by atoms with Gasteiger partial charge in [0.15, 0.2) is 11.3 Å². The number of hydrogen-bond acceptors (Lipinski definition) is 6. The second-order valence-electron chi connectivity index (χ2n) is 6.01. The van der Waals surface area contributed by atoms with Crippen molar-refractivity contribution in [3.05, 3.63) is 17.5 Å². The average molecular weight is 310 g/mol. The number of nitrogens with zero attached hydrogens (tertiary/aromatic N) is 1. The van der Waals surface area contributed by atoms with E-state index >= 15 is 0 Å². The highest BCUT2D eigenvalue weighted by Gasteiger charge is 2.52. The third kappa shape index (κ3) is 3.02. The predicted octanol–water partition coefficient (Wildman–Crippen LogP) is 0.542. The van der Waals surface area contributed by atoms with Crippen molar-refractivity contribution in [2.45, 2.75) is 38.8 Å². The monoisotopic (exact) mass is 310 g/mol. The number of rotatable bonds is 3. The largest absolute Gasteiger partial charge is 0.444 e. The first-order chi connectivity index (χ1) is 10.1. The summed E-state index contributed by atoms with van der Waals surface area (Å²) in [5.74, 6) is -0.472. The van der Waals surface area contributed by atoms with Crippen LogP contribution in [0.5, 0.6) is 0 Å². The smallest absolute Gasteiger partial charge is 0.407 e. The molecule has 0 saturated carbocycles. The van der Waals surface area contributed by atoms with Crippen LogP contribution in [0.4, 0.5) is 9.59 Å². The van der Waals surface area contributed by atoms with Crippen molar-refractivity contribution in [2.75, 3.05) is 6.54 Å². The fraction of sp³-hybridized carbons (Fsp3) is 0.538. The SMILES string of the molecule is Cc1cnoc1[C@@]1(CNC(=O)OC(C)(C)C)NC(=O)NC1=O. The third-order valence-corrected chi connectivity index (χ3v) is 2.97. The van der Waals surface area contributed by atoms with Crippen LogP contribution in [0.2, 0.25) is 0 Å². The van der Waals surface area contributed by atoms with E-state index in [4.69, 9.17) is 9.26 Å². The minimum atomic E-state index is -1.55. The Morgan fingerprint density at radius 2 is 2.14 bits per heavy atom. The van der Waals surface area contributed by atoms with Gasteiger partial charge in [0, 0.05) is 5.56 Å². The molecule has 1 aromatic rings. The van der Waals surface area contributed by atoms with Crippen molar-refractivity contribution in [3.8, 4) is 0 Å². The van der Waals surface area contributed by atoms with Gasteiger partial charge in [0.05, 0.1) is 12.7 Å². The van der Waals surface area contributed by atoms with E-state index in [1.165, 1.54) is 6.20 Å². The van der Waals surface area contributed by atoms with Crippen LogP contribution in [-0.4, -0.2) is 35.3 Å². The van der Waals surface area contributed by atoms with Crippen molar-refractivity contribution in [1.29, 1.82) is 0 Å². The van der Waals surface area contributed by atoms with Crippen molar-refractivity contribution < 1.29 is 23.6 Å². The standard InChI is InChI=1S/C13H18N4O5/c1-7-5-15-22-8(7)13(9(18)16-10(19)17-13)6-14-11(20)21-12(2,3)4/h5H,6H2,1-4H3,(H,14,20)(H2,16,17,18,19)/t13-/m1/s1. The lowest BCUT2D eigenvalue weighted by Gasteiger charge is -2.25. The molecule has 22 heavy (non-hydrogen) atoms. The zero-order valence-corrected chi connectivity index (χ0v) is 12.8. The number of aromatic nitrogens is 1. The second-order valence-corrected chi connectivity index (χ2v) is 6.01. The molecule has 0 aliphatic carbocycles. The molecule has 2 heterocycles. The molecule has 0 radical (unpaired) electrons. The van der Waals surface area contributed by atoms with Gasteiger partial charge in [0.2, 0.25) is 0 Å². The molecule has 9 nitrogen and oxygen atoms in total. The number of carbonyl (C=O) groups is 3. The first-order valence-electron chi connectivity index (χ1n) is 6.66. The molecule has 1 aliphatic heterocycles. The number of ether oxygens (including phenoxy) is 1. The summed E-state index contributed by atoms with van der Waals surface area (Å²) in [7, 11) is 0. The third-order valence-electron chi connectivity index (χ3n) is 2.97. The van der Waals surface area contributed by atoms with Gasteiger partial charge in [0.1, 0.15) is 5.60 Å². The summed E-state index contributed by atoms with van der Waals surface area (Å²) in [6.45, 7) is 6.60. The van der Waals surface area contributed by atoms with Gasteiger partial charge in [-0.3, -0.25) is 10.1 Å². The van der Waals surface area contributed by atoms with Gasteiger partial charge in [-0.2, -0.15) is 0 Å². The van der Waals surface area contributed by atoms with E-state index in [2.05, 4.69) is 21.1 Å². The summed E-state index contributed by atoms with van der Waals surface area (Å²) >= 11 is 0. The molecule has 2 rings (SSSR count). The summed E-state index contributed by atoms with van der Waals surface area (Å²) in [5, 5.41) is 10.7. The van der Waals surface area contributed by atoms with Gasteiger partial charge in [-0.15, -0.1) is 0 Å². The first-order valence-corrected chi connectivity index (χ1v) is 6.66. The summed E-state index contributed by atoms with van der Waals surface area (Å²) in [5.41, 5.74) is -1.65. The molecule has 0 bridgehead atoms.